The third kappa shape index (κ3) is 3.38. The second-order valence-electron chi connectivity index (χ2n) is 6.48. The number of amides is 1. The van der Waals surface area contributed by atoms with Crippen molar-refractivity contribution in [3.63, 3.8) is 0 Å². The molecule has 2 aromatic carbocycles. The molecule has 1 heterocycles. The van der Waals surface area contributed by atoms with Crippen molar-refractivity contribution in [3.8, 4) is 0 Å². The van der Waals surface area contributed by atoms with Crippen LogP contribution < -0.4 is 5.32 Å². The highest BCUT2D eigenvalue weighted by Crippen LogP contribution is 2.40. The topological polar surface area (TPSA) is 42.0 Å². The van der Waals surface area contributed by atoms with Crippen molar-refractivity contribution in [2.45, 2.75) is 25.2 Å². The fraction of sp³-hybridized carbons (Fsp3) is 0.238. The summed E-state index contributed by atoms with van der Waals surface area (Å²) in [6.45, 7) is 0.398. The standard InChI is InChI=1S/C21H19FN2O/c22-18-7-3-1-5-14(18)11-12-23-21(25)17-13-20(15-9-10-15)24-19-8-4-2-6-16(17)19/h1-8,13,15H,9-12H2,(H,23,25). The Hall–Kier alpha value is -2.75. The molecule has 0 saturated heterocycles. The number of carbonyl (C=O) groups excluding carboxylic acids is 1. The molecule has 1 amide bonds. The molecule has 3 nitrogen and oxygen atoms in total. The predicted molar refractivity (Wildman–Crippen MR) is 96.2 cm³/mol. The quantitative estimate of drug-likeness (QED) is 0.759. The van der Waals surface area contributed by atoms with E-state index in [0.717, 1.165) is 29.4 Å². The van der Waals surface area contributed by atoms with Gasteiger partial charge in [0.1, 0.15) is 5.82 Å². The Kier molecular flexibility index (Phi) is 4.18. The van der Waals surface area contributed by atoms with E-state index in [2.05, 4.69) is 5.32 Å². The number of nitrogens with zero attached hydrogens (tertiary/aromatic N) is 1. The molecule has 0 unspecified atom stereocenters. The molecule has 25 heavy (non-hydrogen) atoms. The Balaban J connectivity index is 1.54. The number of benzene rings is 2. The molecule has 0 bridgehead atoms. The number of rotatable bonds is 5. The molecular formula is C21H19FN2O. The maximum Gasteiger partial charge on any atom is 0.252 e. The van der Waals surface area contributed by atoms with Gasteiger partial charge in [-0.2, -0.15) is 0 Å². The number of para-hydroxylation sites is 1. The Labute approximate surface area is 145 Å². The summed E-state index contributed by atoms with van der Waals surface area (Å²) in [6, 6.07) is 16.3. The van der Waals surface area contributed by atoms with Gasteiger partial charge in [-0.25, -0.2) is 4.39 Å². The minimum absolute atomic E-state index is 0.128. The van der Waals surface area contributed by atoms with Crippen molar-refractivity contribution in [2.75, 3.05) is 6.54 Å². The number of aromatic nitrogens is 1. The number of hydrogen-bond donors (Lipinski definition) is 1. The van der Waals surface area contributed by atoms with E-state index in [0.29, 0.717) is 30.0 Å². The smallest absolute Gasteiger partial charge is 0.252 e. The molecule has 1 N–H and O–H groups in total. The number of carbonyl (C=O) groups is 1. The first-order chi connectivity index (χ1) is 12.2. The molecule has 4 heteroatoms. The van der Waals surface area contributed by atoms with Crippen molar-refractivity contribution in [2.24, 2.45) is 0 Å². The Bertz CT molecular complexity index is 934. The van der Waals surface area contributed by atoms with Crippen LogP contribution in [0.1, 0.15) is 40.4 Å². The van der Waals surface area contributed by atoms with Crippen LogP contribution in [0, 0.1) is 5.82 Å². The molecule has 1 aliphatic rings. The van der Waals surface area contributed by atoms with Gasteiger partial charge in [-0.05, 0) is 43.0 Å². The molecule has 1 aromatic heterocycles. The van der Waals surface area contributed by atoms with E-state index in [4.69, 9.17) is 4.98 Å². The van der Waals surface area contributed by atoms with Crippen LogP contribution in [0.5, 0.6) is 0 Å². The molecule has 0 spiro atoms. The monoisotopic (exact) mass is 334 g/mol. The second-order valence-corrected chi connectivity index (χ2v) is 6.48. The normalized spacial score (nSPS) is 13.8. The Morgan fingerprint density at radius 3 is 2.68 bits per heavy atom. The first-order valence-electron chi connectivity index (χ1n) is 8.63. The molecule has 0 radical (unpaired) electrons. The maximum atomic E-state index is 13.7. The summed E-state index contributed by atoms with van der Waals surface area (Å²) >= 11 is 0. The average molecular weight is 334 g/mol. The van der Waals surface area contributed by atoms with E-state index < -0.39 is 0 Å². The van der Waals surface area contributed by atoms with Gasteiger partial charge >= 0.3 is 0 Å². The van der Waals surface area contributed by atoms with Gasteiger partial charge in [0.2, 0.25) is 0 Å². The zero-order valence-corrected chi connectivity index (χ0v) is 13.8. The molecule has 1 saturated carbocycles. The number of pyridine rings is 1. The summed E-state index contributed by atoms with van der Waals surface area (Å²) in [5, 5.41) is 3.78. The first kappa shape index (κ1) is 15.8. The summed E-state index contributed by atoms with van der Waals surface area (Å²) in [4.78, 5) is 17.4. The molecule has 4 rings (SSSR count). The maximum absolute atomic E-state index is 13.7. The second kappa shape index (κ2) is 6.63. The molecule has 126 valence electrons. The largest absolute Gasteiger partial charge is 0.352 e. The van der Waals surface area contributed by atoms with Crippen LogP contribution in [0.2, 0.25) is 0 Å². The first-order valence-corrected chi connectivity index (χ1v) is 8.63. The minimum atomic E-state index is -0.234. The van der Waals surface area contributed by atoms with Gasteiger partial charge in [-0.15, -0.1) is 0 Å². The highest BCUT2D eigenvalue weighted by atomic mass is 19.1. The Morgan fingerprint density at radius 2 is 1.88 bits per heavy atom. The van der Waals surface area contributed by atoms with Crippen molar-refractivity contribution in [1.29, 1.82) is 0 Å². The lowest BCUT2D eigenvalue weighted by molar-refractivity contribution is 0.0955. The average Bonchev–Trinajstić information content (AvgIpc) is 3.47. The highest BCUT2D eigenvalue weighted by Gasteiger charge is 2.26. The number of hydrogen-bond acceptors (Lipinski definition) is 2. The van der Waals surface area contributed by atoms with Crippen molar-refractivity contribution in [1.82, 2.24) is 10.3 Å². The third-order valence-electron chi connectivity index (χ3n) is 4.61. The summed E-state index contributed by atoms with van der Waals surface area (Å²) in [5.74, 6) is 0.119. The molecule has 1 aliphatic carbocycles. The van der Waals surface area contributed by atoms with Crippen LogP contribution in [0.3, 0.4) is 0 Å². The van der Waals surface area contributed by atoms with Crippen LogP contribution in [-0.4, -0.2) is 17.4 Å². The number of halogens is 1. The van der Waals surface area contributed by atoms with E-state index in [9.17, 15) is 9.18 Å². The highest BCUT2D eigenvalue weighted by molar-refractivity contribution is 6.06. The Morgan fingerprint density at radius 1 is 1.12 bits per heavy atom. The molecule has 1 fully saturated rings. The van der Waals surface area contributed by atoms with Gasteiger partial charge in [0.15, 0.2) is 0 Å². The van der Waals surface area contributed by atoms with Gasteiger partial charge in [-0.3, -0.25) is 9.78 Å². The number of nitrogens with one attached hydrogen (secondary N) is 1. The fourth-order valence-corrected chi connectivity index (χ4v) is 3.08. The van der Waals surface area contributed by atoms with E-state index in [1.54, 1.807) is 18.2 Å². The van der Waals surface area contributed by atoms with Crippen LogP contribution in [-0.2, 0) is 6.42 Å². The summed E-state index contributed by atoms with van der Waals surface area (Å²) in [6.07, 6.45) is 2.75. The summed E-state index contributed by atoms with van der Waals surface area (Å²) < 4.78 is 13.7. The lowest BCUT2D eigenvalue weighted by Gasteiger charge is -2.10. The van der Waals surface area contributed by atoms with Gasteiger partial charge in [0, 0.05) is 23.5 Å². The lowest BCUT2D eigenvalue weighted by Crippen LogP contribution is -2.26. The van der Waals surface area contributed by atoms with E-state index in [1.165, 1.54) is 6.07 Å². The molecular weight excluding hydrogens is 315 g/mol. The fourth-order valence-electron chi connectivity index (χ4n) is 3.08. The molecule has 0 atom stereocenters. The van der Waals surface area contributed by atoms with E-state index in [1.807, 2.05) is 30.3 Å². The van der Waals surface area contributed by atoms with Crippen LogP contribution >= 0.6 is 0 Å². The van der Waals surface area contributed by atoms with Crippen molar-refractivity contribution < 1.29 is 9.18 Å². The van der Waals surface area contributed by atoms with Gasteiger partial charge in [-0.1, -0.05) is 36.4 Å². The van der Waals surface area contributed by atoms with Crippen molar-refractivity contribution in [3.05, 3.63) is 77.2 Å². The van der Waals surface area contributed by atoms with Crippen LogP contribution in [0.25, 0.3) is 10.9 Å². The lowest BCUT2D eigenvalue weighted by atomic mass is 10.1. The zero-order valence-electron chi connectivity index (χ0n) is 13.8. The SMILES string of the molecule is O=C(NCCc1ccccc1F)c1cc(C2CC2)nc2ccccc12. The van der Waals surface area contributed by atoms with Crippen molar-refractivity contribution >= 4 is 16.8 Å². The summed E-state index contributed by atoms with van der Waals surface area (Å²) in [7, 11) is 0. The van der Waals surface area contributed by atoms with E-state index >= 15 is 0 Å². The van der Waals surface area contributed by atoms with Crippen LogP contribution in [0.4, 0.5) is 4.39 Å². The zero-order chi connectivity index (χ0) is 17.2. The van der Waals surface area contributed by atoms with Gasteiger partial charge in [0.05, 0.1) is 11.1 Å². The minimum Gasteiger partial charge on any atom is -0.352 e. The number of fused-ring (bicyclic) bond motifs is 1. The molecule has 0 aliphatic heterocycles. The van der Waals surface area contributed by atoms with E-state index in [-0.39, 0.29) is 11.7 Å². The predicted octanol–water partition coefficient (Wildman–Crippen LogP) is 4.22. The third-order valence-corrected chi connectivity index (χ3v) is 4.61. The van der Waals surface area contributed by atoms with Gasteiger partial charge in [0.25, 0.3) is 5.91 Å². The summed E-state index contributed by atoms with van der Waals surface area (Å²) in [5.41, 5.74) is 3.12. The van der Waals surface area contributed by atoms with Crippen LogP contribution in [0.15, 0.2) is 54.6 Å². The molecule has 3 aromatic rings. The van der Waals surface area contributed by atoms with Gasteiger partial charge < -0.3 is 5.32 Å².